The van der Waals surface area contributed by atoms with Gasteiger partial charge >= 0.3 is 15.8 Å². The molecule has 1 aliphatic rings. The van der Waals surface area contributed by atoms with Crippen LogP contribution in [0.2, 0.25) is 0 Å². The van der Waals surface area contributed by atoms with Crippen molar-refractivity contribution in [3.05, 3.63) is 0 Å². The molecule has 0 saturated carbocycles. The molecule has 3 nitrogen and oxygen atoms in total. The topological polar surface area (TPSA) is 21.7 Å². The molecular weight excluding hydrogens is 145 g/mol. The van der Waals surface area contributed by atoms with Crippen LogP contribution in [0.25, 0.3) is 0 Å². The van der Waals surface area contributed by atoms with E-state index in [0.717, 1.165) is 19.8 Å². The molecule has 1 rings (SSSR count). The zero-order chi connectivity index (χ0) is 7.23. The molecular formula is C6H14AlNO2. The number of rotatable bonds is 3. The van der Waals surface area contributed by atoms with Crippen LogP contribution in [0.4, 0.5) is 0 Å². The van der Waals surface area contributed by atoms with Gasteiger partial charge in [0.05, 0.1) is 6.61 Å². The first-order valence-electron chi connectivity index (χ1n) is 3.72. The van der Waals surface area contributed by atoms with Crippen molar-refractivity contribution in [3.63, 3.8) is 0 Å². The van der Waals surface area contributed by atoms with Crippen LogP contribution in [0.1, 0.15) is 6.42 Å². The summed E-state index contributed by atoms with van der Waals surface area (Å²) in [5, 5.41) is 0. The molecule has 0 spiro atoms. The summed E-state index contributed by atoms with van der Waals surface area (Å²) in [6.07, 6.45) is 1.19. The lowest BCUT2D eigenvalue weighted by Crippen LogP contribution is -2.38. The molecule has 0 aliphatic carbocycles. The molecule has 0 bridgehead atoms. The Hall–Kier alpha value is 0.412. The summed E-state index contributed by atoms with van der Waals surface area (Å²) in [7, 11) is 1.74. The third kappa shape index (κ3) is 3.00. The summed E-state index contributed by atoms with van der Waals surface area (Å²) < 4.78 is 12.8. The van der Waals surface area contributed by atoms with Crippen molar-refractivity contribution < 1.29 is 8.53 Å². The van der Waals surface area contributed by atoms with E-state index >= 15 is 0 Å². The van der Waals surface area contributed by atoms with E-state index in [1.54, 1.807) is 7.11 Å². The van der Waals surface area contributed by atoms with Gasteiger partial charge in [-0.15, -0.1) is 0 Å². The highest BCUT2D eigenvalue weighted by Crippen LogP contribution is 1.97. The van der Waals surface area contributed by atoms with E-state index in [-0.39, 0.29) is 15.8 Å². The minimum atomic E-state index is -0.345. The fraction of sp³-hybridized carbons (Fsp3) is 1.00. The first-order chi connectivity index (χ1) is 4.93. The molecule has 1 fully saturated rings. The lowest BCUT2D eigenvalue weighted by atomic mass is 10.4. The summed E-state index contributed by atoms with van der Waals surface area (Å²) in [5.74, 6) is 0. The van der Waals surface area contributed by atoms with E-state index in [0.29, 0.717) is 0 Å². The first-order valence-corrected chi connectivity index (χ1v) is 4.93. The Morgan fingerprint density at radius 3 is 3.20 bits per heavy atom. The maximum atomic E-state index is 5.39. The molecule has 0 atom stereocenters. The van der Waals surface area contributed by atoms with Gasteiger partial charge in [-0.25, -0.2) is 0 Å². The van der Waals surface area contributed by atoms with Gasteiger partial charge in [0.15, 0.2) is 0 Å². The average molecular weight is 159 g/mol. The largest absolute Gasteiger partial charge is 0.555 e. The summed E-state index contributed by atoms with van der Waals surface area (Å²) in [6, 6.07) is 0. The smallest absolute Gasteiger partial charge is 0.491 e. The average Bonchev–Trinajstić information content (AvgIpc) is 2.03. The lowest BCUT2D eigenvalue weighted by molar-refractivity contribution is 0.153. The van der Waals surface area contributed by atoms with Crippen molar-refractivity contribution in [2.45, 2.75) is 6.42 Å². The van der Waals surface area contributed by atoms with Gasteiger partial charge in [0, 0.05) is 20.3 Å². The van der Waals surface area contributed by atoms with Gasteiger partial charge < -0.3 is 12.4 Å². The normalized spacial score (nSPS) is 20.5. The van der Waals surface area contributed by atoms with Crippen molar-refractivity contribution >= 4 is 15.8 Å². The number of ether oxygens (including phenoxy) is 1. The molecule has 10 heavy (non-hydrogen) atoms. The SMILES string of the molecule is COCC[N]1CCC[O][AlH]1. The highest BCUT2D eigenvalue weighted by Gasteiger charge is 2.13. The van der Waals surface area contributed by atoms with Gasteiger partial charge in [0.1, 0.15) is 0 Å². The molecule has 1 heterocycles. The van der Waals surface area contributed by atoms with Gasteiger partial charge in [-0.1, -0.05) is 0 Å². The van der Waals surface area contributed by atoms with Gasteiger partial charge in [-0.05, 0) is 13.0 Å². The second-order valence-corrected chi connectivity index (χ2v) is 4.06. The third-order valence-corrected chi connectivity index (χ3v) is 3.12. The van der Waals surface area contributed by atoms with Crippen molar-refractivity contribution in [2.75, 3.05) is 33.4 Å². The maximum absolute atomic E-state index is 5.39. The molecule has 4 heteroatoms. The second-order valence-electron chi connectivity index (χ2n) is 2.50. The lowest BCUT2D eigenvalue weighted by Gasteiger charge is -2.25. The number of methoxy groups -OCH3 is 1. The highest BCUT2D eigenvalue weighted by molar-refractivity contribution is 6.23. The fourth-order valence-electron chi connectivity index (χ4n) is 1.05. The molecule has 58 valence electrons. The summed E-state index contributed by atoms with van der Waals surface area (Å²) in [4.78, 5) is 0. The van der Waals surface area contributed by atoms with E-state index in [1.165, 1.54) is 13.0 Å². The van der Waals surface area contributed by atoms with Gasteiger partial charge in [-0.3, -0.25) is 0 Å². The predicted octanol–water partition coefficient (Wildman–Crippen LogP) is -0.378. The molecule has 0 amide bonds. The van der Waals surface area contributed by atoms with Crippen LogP contribution in [0, 0.1) is 0 Å². The molecule has 0 aromatic heterocycles. The summed E-state index contributed by atoms with van der Waals surface area (Å²) in [6.45, 7) is 4.10. The number of hydrogen-bond acceptors (Lipinski definition) is 3. The molecule has 0 aromatic carbocycles. The van der Waals surface area contributed by atoms with E-state index in [9.17, 15) is 0 Å². The zero-order valence-electron chi connectivity index (χ0n) is 6.51. The van der Waals surface area contributed by atoms with Crippen LogP contribution < -0.4 is 0 Å². The maximum Gasteiger partial charge on any atom is 0.555 e. The molecule has 0 unspecified atom stereocenters. The minimum Gasteiger partial charge on any atom is -0.491 e. The van der Waals surface area contributed by atoms with Gasteiger partial charge in [-0.2, -0.15) is 0 Å². The summed E-state index contributed by atoms with van der Waals surface area (Å²) in [5.41, 5.74) is 0. The third-order valence-electron chi connectivity index (χ3n) is 1.65. The quantitative estimate of drug-likeness (QED) is 0.524. The first kappa shape index (κ1) is 8.51. The van der Waals surface area contributed by atoms with Gasteiger partial charge in [0.2, 0.25) is 0 Å². The van der Waals surface area contributed by atoms with E-state index in [2.05, 4.69) is 3.88 Å². The Kier molecular flexibility index (Phi) is 4.35. The summed E-state index contributed by atoms with van der Waals surface area (Å²) >= 11 is -0.345. The standard InChI is InChI=1S/C6H13NO2.Al.H/c1-9-6-4-7-3-2-5-8;;/h2-6H2,1H3;;/q-2;+2;. The Labute approximate surface area is 68.6 Å². The van der Waals surface area contributed by atoms with Crippen LogP contribution in [0.5, 0.6) is 0 Å². The van der Waals surface area contributed by atoms with E-state index in [1.807, 2.05) is 0 Å². The Balaban J connectivity index is 2.02. The van der Waals surface area contributed by atoms with Crippen LogP contribution in [-0.4, -0.2) is 53.1 Å². The van der Waals surface area contributed by atoms with Crippen LogP contribution in [0.15, 0.2) is 0 Å². The van der Waals surface area contributed by atoms with Crippen molar-refractivity contribution in [1.82, 2.24) is 3.88 Å². The Bertz CT molecular complexity index is 85.8. The Morgan fingerprint density at radius 2 is 2.60 bits per heavy atom. The number of hydrogen-bond donors (Lipinski definition) is 0. The molecule has 1 aliphatic heterocycles. The van der Waals surface area contributed by atoms with Crippen molar-refractivity contribution in [3.8, 4) is 0 Å². The zero-order valence-corrected chi connectivity index (χ0v) is 7.92. The Morgan fingerprint density at radius 1 is 1.70 bits per heavy atom. The highest BCUT2D eigenvalue weighted by atomic mass is 27.1. The van der Waals surface area contributed by atoms with Crippen molar-refractivity contribution in [2.24, 2.45) is 0 Å². The molecule has 0 N–H and O–H groups in total. The van der Waals surface area contributed by atoms with Gasteiger partial charge in [0.25, 0.3) is 0 Å². The van der Waals surface area contributed by atoms with Crippen LogP contribution in [-0.2, 0) is 8.53 Å². The molecule has 1 saturated heterocycles. The van der Waals surface area contributed by atoms with E-state index in [4.69, 9.17) is 8.53 Å². The minimum absolute atomic E-state index is 0.345. The van der Waals surface area contributed by atoms with Crippen molar-refractivity contribution in [1.29, 1.82) is 0 Å². The predicted molar refractivity (Wildman–Crippen MR) is 41.2 cm³/mol. The van der Waals surface area contributed by atoms with Crippen LogP contribution >= 0.6 is 0 Å². The molecule has 0 radical (unpaired) electrons. The van der Waals surface area contributed by atoms with E-state index < -0.39 is 0 Å². The fourth-order valence-corrected chi connectivity index (χ4v) is 2.25. The van der Waals surface area contributed by atoms with Crippen LogP contribution in [0.3, 0.4) is 0 Å². The molecule has 0 aromatic rings. The number of nitrogens with zero attached hydrogens (tertiary/aromatic N) is 1. The monoisotopic (exact) mass is 159 g/mol. The second kappa shape index (κ2) is 5.11.